The van der Waals surface area contributed by atoms with E-state index in [9.17, 15) is 14.7 Å². The third-order valence-electron chi connectivity index (χ3n) is 3.60. The Morgan fingerprint density at radius 3 is 2.59 bits per heavy atom. The van der Waals surface area contributed by atoms with Gasteiger partial charge < -0.3 is 21.0 Å². The van der Waals surface area contributed by atoms with Crippen LogP contribution in [0.1, 0.15) is 25.7 Å². The number of fused-ring (bicyclic) bond motifs is 1. The average molecular weight is 300 g/mol. The zero-order valence-electron chi connectivity index (χ0n) is 12.4. The van der Waals surface area contributed by atoms with E-state index in [1.807, 2.05) is 42.5 Å². The van der Waals surface area contributed by atoms with Crippen LogP contribution in [-0.2, 0) is 9.59 Å². The van der Waals surface area contributed by atoms with Gasteiger partial charge in [0.15, 0.2) is 0 Å². The standard InChI is InChI=1S/C17H20N2O3/c18-14(17(21)22)9-3-4-11-16(20)19-15-10-5-7-12-6-1-2-8-13(12)15/h1-2,5-8,10,14H,3-4,9,11,18H2,(H,19,20)(H,21,22)/t14-/m1/s1. The van der Waals surface area contributed by atoms with Crippen LogP contribution >= 0.6 is 0 Å². The highest BCUT2D eigenvalue weighted by atomic mass is 16.4. The summed E-state index contributed by atoms with van der Waals surface area (Å²) in [7, 11) is 0. The van der Waals surface area contributed by atoms with Crippen molar-refractivity contribution in [2.75, 3.05) is 5.32 Å². The first kappa shape index (κ1) is 16.0. The number of rotatable bonds is 7. The Kier molecular flexibility index (Phi) is 5.49. The minimum absolute atomic E-state index is 0.0644. The molecule has 0 heterocycles. The summed E-state index contributed by atoms with van der Waals surface area (Å²) in [6.45, 7) is 0. The Labute approximate surface area is 129 Å². The summed E-state index contributed by atoms with van der Waals surface area (Å²) in [5, 5.41) is 15.5. The van der Waals surface area contributed by atoms with Crippen molar-refractivity contribution in [1.82, 2.24) is 0 Å². The molecule has 0 aliphatic carbocycles. The molecule has 0 saturated carbocycles. The fourth-order valence-corrected chi connectivity index (χ4v) is 2.34. The molecular weight excluding hydrogens is 280 g/mol. The predicted molar refractivity (Wildman–Crippen MR) is 82.7 cm³/mol. The largest absolute Gasteiger partial charge is 0.544 e. The summed E-state index contributed by atoms with van der Waals surface area (Å²) in [4.78, 5) is 22.5. The Morgan fingerprint density at radius 2 is 1.82 bits per heavy atom. The zero-order chi connectivity index (χ0) is 15.9. The van der Waals surface area contributed by atoms with Crippen LogP contribution in [0.4, 0.5) is 5.69 Å². The van der Waals surface area contributed by atoms with Crippen LogP contribution in [0.25, 0.3) is 10.8 Å². The van der Waals surface area contributed by atoms with Crippen LogP contribution in [0.2, 0.25) is 0 Å². The van der Waals surface area contributed by atoms with Crippen LogP contribution in [0, 0.1) is 0 Å². The maximum Gasteiger partial charge on any atom is 0.224 e. The molecule has 2 aromatic rings. The molecule has 0 fully saturated rings. The van der Waals surface area contributed by atoms with Crippen LogP contribution in [-0.4, -0.2) is 17.9 Å². The molecule has 0 spiro atoms. The summed E-state index contributed by atoms with van der Waals surface area (Å²) >= 11 is 0. The van der Waals surface area contributed by atoms with Crippen molar-refractivity contribution in [2.24, 2.45) is 0 Å². The summed E-state index contributed by atoms with van der Waals surface area (Å²) in [6, 6.07) is 12.9. The van der Waals surface area contributed by atoms with Crippen molar-refractivity contribution >= 4 is 28.3 Å². The highest BCUT2D eigenvalue weighted by molar-refractivity contribution is 6.02. The van der Waals surface area contributed by atoms with Gasteiger partial charge in [-0.15, -0.1) is 0 Å². The normalized spacial score (nSPS) is 12.0. The second-order valence-corrected chi connectivity index (χ2v) is 5.34. The van der Waals surface area contributed by atoms with Crippen molar-refractivity contribution in [3.05, 3.63) is 42.5 Å². The number of carboxylic acids is 1. The summed E-state index contributed by atoms with van der Waals surface area (Å²) in [6.07, 6.45) is 2.08. The Morgan fingerprint density at radius 1 is 1.09 bits per heavy atom. The minimum atomic E-state index is -1.14. The monoisotopic (exact) mass is 300 g/mol. The van der Waals surface area contributed by atoms with Gasteiger partial charge in [-0.1, -0.05) is 36.4 Å². The predicted octanol–water partition coefficient (Wildman–Crippen LogP) is 0.699. The Balaban J connectivity index is 1.85. The molecule has 22 heavy (non-hydrogen) atoms. The number of carbonyl (C=O) groups is 2. The van der Waals surface area contributed by atoms with Gasteiger partial charge in [-0.2, -0.15) is 0 Å². The first-order valence-electron chi connectivity index (χ1n) is 7.39. The Hall–Kier alpha value is -2.40. The van der Waals surface area contributed by atoms with Crippen molar-refractivity contribution < 1.29 is 20.4 Å². The van der Waals surface area contributed by atoms with E-state index in [-0.39, 0.29) is 5.91 Å². The number of amides is 1. The third-order valence-corrected chi connectivity index (χ3v) is 3.60. The van der Waals surface area contributed by atoms with Crippen molar-refractivity contribution in [1.29, 1.82) is 0 Å². The van der Waals surface area contributed by atoms with Gasteiger partial charge >= 0.3 is 0 Å². The molecule has 0 aliphatic rings. The molecule has 0 unspecified atom stereocenters. The highest BCUT2D eigenvalue weighted by Gasteiger charge is 2.08. The molecule has 4 N–H and O–H groups in total. The number of anilines is 1. The minimum Gasteiger partial charge on any atom is -0.544 e. The molecule has 0 radical (unpaired) electrons. The number of carboxylic acid groups (broad SMARTS) is 1. The molecule has 5 heteroatoms. The number of hydrogen-bond acceptors (Lipinski definition) is 3. The van der Waals surface area contributed by atoms with Crippen molar-refractivity contribution in [3.8, 4) is 0 Å². The lowest BCUT2D eigenvalue weighted by molar-refractivity contribution is -0.438. The van der Waals surface area contributed by atoms with E-state index in [1.165, 1.54) is 0 Å². The van der Waals surface area contributed by atoms with Gasteiger partial charge in [0.25, 0.3) is 0 Å². The van der Waals surface area contributed by atoms with Crippen LogP contribution in [0.15, 0.2) is 42.5 Å². The molecular formula is C17H20N2O3. The molecule has 2 rings (SSSR count). The van der Waals surface area contributed by atoms with Crippen LogP contribution in [0.5, 0.6) is 0 Å². The molecule has 1 amide bonds. The van der Waals surface area contributed by atoms with Gasteiger partial charge in [-0.3, -0.25) is 4.79 Å². The third kappa shape index (κ3) is 4.30. The van der Waals surface area contributed by atoms with Gasteiger partial charge in [0.1, 0.15) is 6.04 Å². The smallest absolute Gasteiger partial charge is 0.224 e. The van der Waals surface area contributed by atoms with E-state index in [4.69, 9.17) is 0 Å². The zero-order valence-corrected chi connectivity index (χ0v) is 12.4. The molecule has 0 saturated heterocycles. The molecule has 2 aromatic carbocycles. The number of unbranched alkanes of at least 4 members (excludes halogenated alkanes) is 1. The summed E-state index contributed by atoms with van der Waals surface area (Å²) in [5.41, 5.74) is 4.29. The SMILES string of the molecule is [NH3+][C@H](CCCCC(=O)Nc1cccc2ccccc12)C(=O)[O-]. The summed E-state index contributed by atoms with van der Waals surface area (Å²) in [5.74, 6) is -1.20. The number of carbonyl (C=O) groups excluding carboxylic acids is 2. The first-order valence-corrected chi connectivity index (χ1v) is 7.39. The fraction of sp³-hybridized carbons (Fsp3) is 0.294. The number of benzene rings is 2. The van der Waals surface area contributed by atoms with E-state index in [0.29, 0.717) is 25.7 Å². The number of nitrogens with one attached hydrogen (secondary N) is 1. The molecule has 0 aliphatic heterocycles. The van der Waals surface area contributed by atoms with Crippen molar-refractivity contribution in [3.63, 3.8) is 0 Å². The summed E-state index contributed by atoms with van der Waals surface area (Å²) < 4.78 is 0. The van der Waals surface area contributed by atoms with E-state index in [1.54, 1.807) is 0 Å². The first-order chi connectivity index (χ1) is 10.6. The van der Waals surface area contributed by atoms with E-state index >= 15 is 0 Å². The quantitative estimate of drug-likeness (QED) is 0.736. The van der Waals surface area contributed by atoms with Gasteiger partial charge in [0.05, 0.1) is 5.97 Å². The van der Waals surface area contributed by atoms with E-state index in [2.05, 4.69) is 11.1 Å². The maximum atomic E-state index is 12.0. The van der Waals surface area contributed by atoms with Gasteiger partial charge in [-0.25, -0.2) is 0 Å². The van der Waals surface area contributed by atoms with E-state index in [0.717, 1.165) is 16.5 Å². The maximum absolute atomic E-state index is 12.0. The molecule has 0 bridgehead atoms. The average Bonchev–Trinajstić information content (AvgIpc) is 2.51. The van der Waals surface area contributed by atoms with E-state index < -0.39 is 12.0 Å². The second kappa shape index (κ2) is 7.56. The van der Waals surface area contributed by atoms with Crippen molar-refractivity contribution in [2.45, 2.75) is 31.7 Å². The number of quaternary nitrogens is 1. The lowest BCUT2D eigenvalue weighted by atomic mass is 10.1. The molecule has 0 aromatic heterocycles. The molecule has 5 nitrogen and oxygen atoms in total. The van der Waals surface area contributed by atoms with Gasteiger partial charge in [0, 0.05) is 23.9 Å². The van der Waals surface area contributed by atoms with Gasteiger partial charge in [-0.05, 0) is 24.3 Å². The van der Waals surface area contributed by atoms with Gasteiger partial charge in [0.2, 0.25) is 5.91 Å². The number of hydrogen-bond donors (Lipinski definition) is 2. The lowest BCUT2D eigenvalue weighted by Crippen LogP contribution is -2.68. The lowest BCUT2D eigenvalue weighted by Gasteiger charge is -2.10. The van der Waals surface area contributed by atoms with Crippen LogP contribution < -0.4 is 16.2 Å². The number of aliphatic carboxylic acids is 1. The molecule has 116 valence electrons. The Bertz CT molecular complexity index is 665. The fourth-order valence-electron chi connectivity index (χ4n) is 2.34. The topological polar surface area (TPSA) is 96.9 Å². The molecule has 1 atom stereocenters. The highest BCUT2D eigenvalue weighted by Crippen LogP contribution is 2.23. The second-order valence-electron chi connectivity index (χ2n) is 5.34. The van der Waals surface area contributed by atoms with Crippen LogP contribution in [0.3, 0.4) is 0 Å².